The molecule has 0 saturated heterocycles. The summed E-state index contributed by atoms with van der Waals surface area (Å²) in [7, 11) is -0.767. The van der Waals surface area contributed by atoms with Crippen LogP contribution in [0.1, 0.15) is 16.7 Å². The molecule has 0 heterocycles. The Kier molecular flexibility index (Phi) is 6.45. The highest BCUT2D eigenvalue weighted by atomic mass is 32.2. The van der Waals surface area contributed by atoms with Crippen molar-refractivity contribution in [3.05, 3.63) is 47.0 Å². The first-order chi connectivity index (χ1) is 12.7. The topological polar surface area (TPSA) is 93.7 Å². The second-order valence-electron chi connectivity index (χ2n) is 6.16. The van der Waals surface area contributed by atoms with E-state index in [-0.39, 0.29) is 11.4 Å². The summed E-state index contributed by atoms with van der Waals surface area (Å²) in [5.74, 6) is 0.525. The molecule has 0 aromatic heterocycles. The molecule has 0 atom stereocenters. The lowest BCUT2D eigenvalue weighted by atomic mass is 10.1. The number of anilines is 1. The van der Waals surface area contributed by atoms with Gasteiger partial charge in [0.05, 0.1) is 25.7 Å². The Hall–Kier alpha value is -2.58. The molecule has 0 unspecified atom stereocenters. The van der Waals surface area contributed by atoms with Gasteiger partial charge in [-0.25, -0.2) is 13.1 Å². The molecule has 0 bridgehead atoms. The Labute approximate surface area is 159 Å². The number of amides is 1. The lowest BCUT2D eigenvalue weighted by Crippen LogP contribution is -2.33. The molecule has 0 aliphatic rings. The smallest absolute Gasteiger partial charge is 0.241 e. The molecule has 2 N–H and O–H groups in total. The molecule has 1 amide bonds. The Morgan fingerprint density at radius 3 is 2.22 bits per heavy atom. The number of hydrogen-bond acceptors (Lipinski definition) is 5. The average Bonchev–Trinajstić information content (AvgIpc) is 2.63. The van der Waals surface area contributed by atoms with E-state index in [0.717, 1.165) is 11.1 Å². The monoisotopic (exact) mass is 392 g/mol. The van der Waals surface area contributed by atoms with Gasteiger partial charge in [0.2, 0.25) is 15.9 Å². The minimum absolute atomic E-state index is 0.164. The molecule has 2 rings (SSSR count). The fraction of sp³-hybridized carbons (Fsp3) is 0.316. The first kappa shape index (κ1) is 20.7. The molecular formula is C19H24N2O5S. The van der Waals surface area contributed by atoms with Crippen molar-refractivity contribution in [3.8, 4) is 11.5 Å². The summed E-state index contributed by atoms with van der Waals surface area (Å²) in [6, 6.07) is 8.51. The lowest BCUT2D eigenvalue weighted by molar-refractivity contribution is -0.115. The maximum atomic E-state index is 12.5. The van der Waals surface area contributed by atoms with Crippen LogP contribution in [0.15, 0.2) is 35.2 Å². The molecule has 146 valence electrons. The maximum absolute atomic E-state index is 12.5. The van der Waals surface area contributed by atoms with Crippen molar-refractivity contribution in [2.75, 3.05) is 26.1 Å². The van der Waals surface area contributed by atoms with E-state index in [1.165, 1.54) is 14.2 Å². The van der Waals surface area contributed by atoms with Crippen molar-refractivity contribution < 1.29 is 22.7 Å². The molecule has 0 saturated carbocycles. The van der Waals surface area contributed by atoms with Gasteiger partial charge in [-0.2, -0.15) is 0 Å². The number of benzene rings is 2. The normalized spacial score (nSPS) is 11.1. The number of carbonyl (C=O) groups excluding carboxylic acids is 1. The molecular weight excluding hydrogens is 368 g/mol. The van der Waals surface area contributed by atoms with Crippen LogP contribution < -0.4 is 19.5 Å². The molecule has 2 aromatic rings. The van der Waals surface area contributed by atoms with Crippen LogP contribution in [0.4, 0.5) is 5.69 Å². The van der Waals surface area contributed by atoms with Gasteiger partial charge in [-0.3, -0.25) is 4.79 Å². The zero-order chi connectivity index (χ0) is 20.2. The van der Waals surface area contributed by atoms with Crippen LogP contribution in [0.3, 0.4) is 0 Å². The number of methoxy groups -OCH3 is 2. The fourth-order valence-corrected chi connectivity index (χ4v) is 3.85. The van der Waals surface area contributed by atoms with Crippen LogP contribution in [0.5, 0.6) is 11.5 Å². The van der Waals surface area contributed by atoms with Gasteiger partial charge in [0, 0.05) is 11.8 Å². The van der Waals surface area contributed by atoms with Crippen LogP contribution in [-0.4, -0.2) is 35.1 Å². The van der Waals surface area contributed by atoms with Gasteiger partial charge in [-0.05, 0) is 49.6 Å². The number of rotatable bonds is 7. The number of carbonyl (C=O) groups is 1. The van der Waals surface area contributed by atoms with Gasteiger partial charge >= 0.3 is 0 Å². The summed E-state index contributed by atoms with van der Waals surface area (Å²) in [5.41, 5.74) is 2.72. The summed E-state index contributed by atoms with van der Waals surface area (Å²) in [6.45, 7) is 4.94. The fourth-order valence-electron chi connectivity index (χ4n) is 2.54. The first-order valence-corrected chi connectivity index (χ1v) is 9.75. The third kappa shape index (κ3) is 4.99. The third-order valence-corrected chi connectivity index (χ3v) is 5.60. The van der Waals surface area contributed by atoms with Gasteiger partial charge in [-0.1, -0.05) is 12.1 Å². The van der Waals surface area contributed by atoms with E-state index >= 15 is 0 Å². The van der Waals surface area contributed by atoms with Crippen molar-refractivity contribution in [1.82, 2.24) is 4.72 Å². The van der Waals surface area contributed by atoms with E-state index in [1.54, 1.807) is 38.1 Å². The highest BCUT2D eigenvalue weighted by molar-refractivity contribution is 7.89. The largest absolute Gasteiger partial charge is 0.493 e. The predicted molar refractivity (Wildman–Crippen MR) is 104 cm³/mol. The second kappa shape index (κ2) is 8.41. The third-order valence-electron chi connectivity index (χ3n) is 4.06. The molecule has 7 nitrogen and oxygen atoms in total. The summed E-state index contributed by atoms with van der Waals surface area (Å²) in [4.78, 5) is 12.4. The summed E-state index contributed by atoms with van der Waals surface area (Å²) in [6.07, 6.45) is 0. The van der Waals surface area contributed by atoms with Crippen LogP contribution in [0, 0.1) is 20.8 Å². The Balaban J connectivity index is 2.11. The quantitative estimate of drug-likeness (QED) is 0.755. The SMILES string of the molecule is COc1cc(C)c(NC(=O)CNS(=O)(=O)c2cc(C)ccc2C)cc1OC. The Morgan fingerprint density at radius 2 is 1.59 bits per heavy atom. The van der Waals surface area contributed by atoms with E-state index in [4.69, 9.17) is 9.47 Å². The van der Waals surface area contributed by atoms with Crippen molar-refractivity contribution in [1.29, 1.82) is 0 Å². The van der Waals surface area contributed by atoms with Crippen LogP contribution >= 0.6 is 0 Å². The standard InChI is InChI=1S/C19H24N2O5S/c1-12-6-7-13(2)18(8-12)27(23,24)20-11-19(22)21-15-10-17(26-5)16(25-4)9-14(15)3/h6-10,20H,11H2,1-5H3,(H,21,22). The van der Waals surface area contributed by atoms with Gasteiger partial charge in [-0.15, -0.1) is 0 Å². The number of nitrogens with one attached hydrogen (secondary N) is 2. The minimum Gasteiger partial charge on any atom is -0.493 e. The van der Waals surface area contributed by atoms with Gasteiger partial charge in [0.15, 0.2) is 11.5 Å². The van der Waals surface area contributed by atoms with E-state index in [2.05, 4.69) is 10.0 Å². The van der Waals surface area contributed by atoms with Gasteiger partial charge in [0.1, 0.15) is 0 Å². The van der Waals surface area contributed by atoms with E-state index in [0.29, 0.717) is 22.7 Å². The highest BCUT2D eigenvalue weighted by Crippen LogP contribution is 2.32. The molecule has 0 spiro atoms. The molecule has 0 fully saturated rings. The van der Waals surface area contributed by atoms with E-state index in [9.17, 15) is 13.2 Å². The maximum Gasteiger partial charge on any atom is 0.241 e. The molecule has 0 aliphatic heterocycles. The first-order valence-electron chi connectivity index (χ1n) is 8.27. The predicted octanol–water partition coefficient (Wildman–Crippen LogP) is 2.55. The number of sulfonamides is 1. The lowest BCUT2D eigenvalue weighted by Gasteiger charge is -2.14. The minimum atomic E-state index is -3.79. The van der Waals surface area contributed by atoms with E-state index < -0.39 is 15.9 Å². The average molecular weight is 392 g/mol. The summed E-state index contributed by atoms with van der Waals surface area (Å²) < 4.78 is 37.7. The molecule has 27 heavy (non-hydrogen) atoms. The Morgan fingerprint density at radius 1 is 0.963 bits per heavy atom. The van der Waals surface area contributed by atoms with Crippen LogP contribution in [-0.2, 0) is 14.8 Å². The van der Waals surface area contributed by atoms with Crippen molar-refractivity contribution in [2.45, 2.75) is 25.7 Å². The van der Waals surface area contributed by atoms with Gasteiger partial charge in [0.25, 0.3) is 0 Å². The van der Waals surface area contributed by atoms with Crippen LogP contribution in [0.2, 0.25) is 0 Å². The van der Waals surface area contributed by atoms with Crippen molar-refractivity contribution in [3.63, 3.8) is 0 Å². The van der Waals surface area contributed by atoms with Crippen LogP contribution in [0.25, 0.3) is 0 Å². The van der Waals surface area contributed by atoms with Gasteiger partial charge < -0.3 is 14.8 Å². The highest BCUT2D eigenvalue weighted by Gasteiger charge is 2.19. The molecule has 2 aromatic carbocycles. The molecule has 8 heteroatoms. The van der Waals surface area contributed by atoms with E-state index in [1.807, 2.05) is 13.0 Å². The number of ether oxygens (including phenoxy) is 2. The Bertz CT molecular complexity index is 955. The number of aryl methyl sites for hydroxylation is 3. The molecule has 0 aliphatic carbocycles. The second-order valence-corrected chi connectivity index (χ2v) is 7.90. The van der Waals surface area contributed by atoms with Crippen molar-refractivity contribution in [2.24, 2.45) is 0 Å². The summed E-state index contributed by atoms with van der Waals surface area (Å²) >= 11 is 0. The van der Waals surface area contributed by atoms with Crippen molar-refractivity contribution >= 4 is 21.6 Å². The molecule has 0 radical (unpaired) electrons. The zero-order valence-corrected chi connectivity index (χ0v) is 16.9. The zero-order valence-electron chi connectivity index (χ0n) is 16.0. The number of hydrogen-bond donors (Lipinski definition) is 2. The summed E-state index contributed by atoms with van der Waals surface area (Å²) in [5, 5.41) is 2.68.